The van der Waals surface area contributed by atoms with E-state index in [1.807, 2.05) is 0 Å². The average molecular weight is 595 g/mol. The number of hydrogen-bond donors (Lipinski definition) is 0. The van der Waals surface area contributed by atoms with Crippen molar-refractivity contribution >= 4 is 23.9 Å². The Hall–Kier alpha value is -1.72. The summed E-state index contributed by atoms with van der Waals surface area (Å²) in [4.78, 5) is 47.5. The molecule has 0 amide bonds. The summed E-state index contributed by atoms with van der Waals surface area (Å²) < 4.78 is 9.88. The molecule has 0 heterocycles. The molecule has 0 N–H and O–H groups in total. The number of ether oxygens (including phenoxy) is 2. The monoisotopic (exact) mass is 594 g/mol. The minimum absolute atomic E-state index is 0.275. The third-order valence-electron chi connectivity index (χ3n) is 7.94. The molecule has 0 saturated carbocycles. The van der Waals surface area contributed by atoms with Gasteiger partial charge in [0.2, 0.25) is 0 Å². The number of carbonyl (C=O) groups excluding carboxylic acids is 4. The fraction of sp³-hybridized carbons (Fsp3) is 0.889. The van der Waals surface area contributed by atoms with Crippen molar-refractivity contribution in [2.45, 2.75) is 206 Å². The zero-order valence-electron chi connectivity index (χ0n) is 27.7. The van der Waals surface area contributed by atoms with Gasteiger partial charge < -0.3 is 9.47 Å². The Balaban J connectivity index is 3.46. The number of esters is 4. The van der Waals surface area contributed by atoms with E-state index in [1.54, 1.807) is 0 Å². The first kappa shape index (κ1) is 40.3. The van der Waals surface area contributed by atoms with Gasteiger partial charge in [0.05, 0.1) is 0 Å². The first-order chi connectivity index (χ1) is 20.5. The third kappa shape index (κ3) is 31.2. The summed E-state index contributed by atoms with van der Waals surface area (Å²) in [6.07, 6.45) is 30.5. The summed E-state index contributed by atoms with van der Waals surface area (Å²) in [7, 11) is 0. The van der Waals surface area contributed by atoms with E-state index in [0.717, 1.165) is 64.2 Å². The third-order valence-corrected chi connectivity index (χ3v) is 7.94. The minimum atomic E-state index is -0.419. The molecule has 0 fully saturated rings. The van der Waals surface area contributed by atoms with Crippen molar-refractivity contribution in [3.05, 3.63) is 0 Å². The minimum Gasteiger partial charge on any atom is -0.393 e. The largest absolute Gasteiger partial charge is 0.393 e. The fourth-order valence-corrected chi connectivity index (χ4v) is 5.22. The van der Waals surface area contributed by atoms with Crippen LogP contribution in [0.2, 0.25) is 0 Å². The summed E-state index contributed by atoms with van der Waals surface area (Å²) in [6.45, 7) is 4.47. The molecule has 0 radical (unpaired) electrons. The van der Waals surface area contributed by atoms with Crippen LogP contribution < -0.4 is 0 Å². The molecule has 6 heteroatoms. The van der Waals surface area contributed by atoms with Crippen LogP contribution in [0, 0.1) is 0 Å². The maximum atomic E-state index is 11.9. The zero-order chi connectivity index (χ0) is 30.9. The van der Waals surface area contributed by atoms with Gasteiger partial charge in [-0.15, -0.1) is 0 Å². The van der Waals surface area contributed by atoms with Gasteiger partial charge in [-0.1, -0.05) is 155 Å². The first-order valence-corrected chi connectivity index (χ1v) is 18.0. The molecule has 246 valence electrons. The molecule has 6 nitrogen and oxygen atoms in total. The van der Waals surface area contributed by atoms with Crippen molar-refractivity contribution in [1.29, 1.82) is 0 Å². The standard InChI is InChI=1S/C36H66O6/c1-3-5-7-9-11-13-15-17-21-25-29-33(37)41-35(39)31-27-23-19-20-24-28-32-36(40)42-34(38)30-26-22-18-16-14-12-10-8-6-4-2/h3-32H2,1-2H3. The molecule has 0 aromatic carbocycles. The molecule has 0 spiro atoms. The van der Waals surface area contributed by atoms with Crippen molar-refractivity contribution < 1.29 is 28.7 Å². The zero-order valence-corrected chi connectivity index (χ0v) is 27.7. The van der Waals surface area contributed by atoms with Crippen molar-refractivity contribution in [3.8, 4) is 0 Å². The Morgan fingerprint density at radius 1 is 0.286 bits per heavy atom. The van der Waals surface area contributed by atoms with E-state index in [9.17, 15) is 19.2 Å². The summed E-state index contributed by atoms with van der Waals surface area (Å²) >= 11 is 0. The Morgan fingerprint density at radius 2 is 0.452 bits per heavy atom. The maximum Gasteiger partial charge on any atom is 0.313 e. The molecule has 0 aliphatic heterocycles. The molecule has 0 aliphatic rings. The molecular weight excluding hydrogens is 528 g/mol. The highest BCUT2D eigenvalue weighted by molar-refractivity contribution is 5.85. The van der Waals surface area contributed by atoms with E-state index >= 15 is 0 Å². The van der Waals surface area contributed by atoms with Gasteiger partial charge in [0.15, 0.2) is 0 Å². The van der Waals surface area contributed by atoms with E-state index in [0.29, 0.717) is 25.7 Å². The predicted molar refractivity (Wildman–Crippen MR) is 172 cm³/mol. The van der Waals surface area contributed by atoms with Crippen LogP contribution in [-0.4, -0.2) is 23.9 Å². The van der Waals surface area contributed by atoms with Crippen molar-refractivity contribution in [2.24, 2.45) is 0 Å². The van der Waals surface area contributed by atoms with Gasteiger partial charge in [0, 0.05) is 25.7 Å². The normalized spacial score (nSPS) is 11.0. The van der Waals surface area contributed by atoms with Crippen LogP contribution in [0.15, 0.2) is 0 Å². The smallest absolute Gasteiger partial charge is 0.313 e. The Bertz CT molecular complexity index is 603. The van der Waals surface area contributed by atoms with E-state index in [2.05, 4.69) is 13.8 Å². The summed E-state index contributed by atoms with van der Waals surface area (Å²) in [5, 5.41) is 0. The van der Waals surface area contributed by atoms with Gasteiger partial charge in [0.1, 0.15) is 0 Å². The number of rotatable bonds is 31. The van der Waals surface area contributed by atoms with Crippen LogP contribution in [-0.2, 0) is 28.7 Å². The summed E-state index contributed by atoms with van der Waals surface area (Å²) in [6, 6.07) is 0. The lowest BCUT2D eigenvalue weighted by atomic mass is 10.1. The Morgan fingerprint density at radius 3 is 0.643 bits per heavy atom. The number of carbonyl (C=O) groups is 4. The Labute approximate surface area is 258 Å². The molecule has 0 rings (SSSR count). The van der Waals surface area contributed by atoms with Gasteiger partial charge in [-0.2, -0.15) is 0 Å². The summed E-state index contributed by atoms with van der Waals surface area (Å²) in [5.74, 6) is -1.63. The molecule has 0 atom stereocenters. The van der Waals surface area contributed by atoms with E-state index in [4.69, 9.17) is 9.47 Å². The lowest BCUT2D eigenvalue weighted by Crippen LogP contribution is -2.12. The van der Waals surface area contributed by atoms with Gasteiger partial charge in [-0.25, -0.2) is 0 Å². The molecular formula is C36H66O6. The molecule has 0 unspecified atom stereocenters. The molecule has 42 heavy (non-hydrogen) atoms. The maximum absolute atomic E-state index is 11.9. The highest BCUT2D eigenvalue weighted by atomic mass is 16.6. The van der Waals surface area contributed by atoms with Gasteiger partial charge in [-0.05, 0) is 25.7 Å². The number of hydrogen-bond acceptors (Lipinski definition) is 6. The lowest BCUT2D eigenvalue weighted by Gasteiger charge is -2.05. The Kier molecular flexibility index (Phi) is 30.9. The van der Waals surface area contributed by atoms with Crippen LogP contribution >= 0.6 is 0 Å². The van der Waals surface area contributed by atoms with Crippen LogP contribution in [0.3, 0.4) is 0 Å². The lowest BCUT2D eigenvalue weighted by molar-refractivity contribution is -0.161. The van der Waals surface area contributed by atoms with E-state index in [-0.39, 0.29) is 12.8 Å². The van der Waals surface area contributed by atoms with E-state index in [1.165, 1.54) is 89.9 Å². The van der Waals surface area contributed by atoms with Crippen LogP contribution in [0.5, 0.6) is 0 Å². The first-order valence-electron chi connectivity index (χ1n) is 18.0. The molecule has 0 aliphatic carbocycles. The van der Waals surface area contributed by atoms with Crippen LogP contribution in [0.1, 0.15) is 206 Å². The fourth-order valence-electron chi connectivity index (χ4n) is 5.22. The molecule has 0 bridgehead atoms. The van der Waals surface area contributed by atoms with Crippen LogP contribution in [0.25, 0.3) is 0 Å². The topological polar surface area (TPSA) is 86.7 Å². The second kappa shape index (κ2) is 32.2. The highest BCUT2D eigenvalue weighted by Gasteiger charge is 2.11. The van der Waals surface area contributed by atoms with Crippen molar-refractivity contribution in [1.82, 2.24) is 0 Å². The molecule has 0 aromatic heterocycles. The predicted octanol–water partition coefficient (Wildman–Crippen LogP) is 10.9. The second-order valence-electron chi connectivity index (χ2n) is 12.2. The SMILES string of the molecule is CCCCCCCCCCCCC(=O)OC(=O)CCCCCCCCC(=O)OC(=O)CCCCCCCCCCCC. The van der Waals surface area contributed by atoms with Gasteiger partial charge >= 0.3 is 23.9 Å². The van der Waals surface area contributed by atoms with Gasteiger partial charge in [0.25, 0.3) is 0 Å². The van der Waals surface area contributed by atoms with Crippen molar-refractivity contribution in [2.75, 3.05) is 0 Å². The van der Waals surface area contributed by atoms with Gasteiger partial charge in [-0.3, -0.25) is 19.2 Å². The second-order valence-corrected chi connectivity index (χ2v) is 12.2. The van der Waals surface area contributed by atoms with E-state index < -0.39 is 23.9 Å². The quantitative estimate of drug-likeness (QED) is 0.0451. The summed E-state index contributed by atoms with van der Waals surface area (Å²) in [5.41, 5.74) is 0. The molecule has 0 saturated heterocycles. The number of unbranched alkanes of at least 4 members (excludes halogenated alkanes) is 23. The highest BCUT2D eigenvalue weighted by Crippen LogP contribution is 2.14. The average Bonchev–Trinajstić information content (AvgIpc) is 2.96. The van der Waals surface area contributed by atoms with Crippen molar-refractivity contribution in [3.63, 3.8) is 0 Å². The molecule has 0 aromatic rings. The van der Waals surface area contributed by atoms with Crippen LogP contribution in [0.4, 0.5) is 0 Å².